The number of fused-ring (bicyclic) bond motifs is 1. The second kappa shape index (κ2) is 5.16. The first kappa shape index (κ1) is 12.4. The van der Waals surface area contributed by atoms with E-state index in [1.54, 1.807) is 12.1 Å². The van der Waals surface area contributed by atoms with Crippen molar-refractivity contribution >= 4 is 39.5 Å². The third kappa shape index (κ3) is 2.55. The van der Waals surface area contributed by atoms with Gasteiger partial charge < -0.3 is 0 Å². The fraction of sp³-hybridized carbons (Fsp3) is 0.0625. The molecule has 94 valence electrons. The van der Waals surface area contributed by atoms with Crippen LogP contribution in [0.2, 0.25) is 4.34 Å². The highest BCUT2D eigenvalue weighted by atomic mass is 35.5. The Balaban J connectivity index is 1.95. The van der Waals surface area contributed by atoms with Crippen LogP contribution in [0.15, 0.2) is 54.6 Å². The van der Waals surface area contributed by atoms with Gasteiger partial charge in [0.05, 0.1) is 9.21 Å². The van der Waals surface area contributed by atoms with Crippen LogP contribution in [-0.2, 0) is 6.42 Å². The van der Waals surface area contributed by atoms with E-state index in [9.17, 15) is 4.79 Å². The third-order valence-electron chi connectivity index (χ3n) is 3.08. The summed E-state index contributed by atoms with van der Waals surface area (Å²) in [6.45, 7) is 0. The highest BCUT2D eigenvalue weighted by molar-refractivity contribution is 7.18. The number of hydrogen-bond donors (Lipinski definition) is 0. The average Bonchev–Trinajstić information content (AvgIpc) is 2.86. The van der Waals surface area contributed by atoms with Crippen molar-refractivity contribution in [1.29, 1.82) is 0 Å². The summed E-state index contributed by atoms with van der Waals surface area (Å²) < 4.78 is 0.654. The molecule has 1 nitrogen and oxygen atoms in total. The van der Waals surface area contributed by atoms with Crippen molar-refractivity contribution in [2.75, 3.05) is 0 Å². The quantitative estimate of drug-likeness (QED) is 0.621. The van der Waals surface area contributed by atoms with Gasteiger partial charge in [-0.15, -0.1) is 11.3 Å². The van der Waals surface area contributed by atoms with Crippen molar-refractivity contribution < 1.29 is 4.79 Å². The number of rotatable bonds is 3. The number of carbonyl (C=O) groups is 1. The smallest absolute Gasteiger partial charge is 0.177 e. The van der Waals surface area contributed by atoms with Gasteiger partial charge in [0.2, 0.25) is 0 Å². The van der Waals surface area contributed by atoms with Crippen LogP contribution in [0.25, 0.3) is 10.8 Å². The minimum absolute atomic E-state index is 0.119. The molecule has 0 amide bonds. The second-order valence-corrected chi connectivity index (χ2v) is 6.06. The molecule has 0 aliphatic rings. The van der Waals surface area contributed by atoms with Gasteiger partial charge in [-0.1, -0.05) is 54.1 Å². The lowest BCUT2D eigenvalue weighted by atomic mass is 10.00. The van der Waals surface area contributed by atoms with Gasteiger partial charge in [0.25, 0.3) is 0 Å². The molecule has 0 unspecified atom stereocenters. The minimum atomic E-state index is 0.119. The normalized spacial score (nSPS) is 10.8. The zero-order chi connectivity index (χ0) is 13.2. The first-order chi connectivity index (χ1) is 9.24. The number of halogens is 1. The molecule has 0 N–H and O–H groups in total. The Labute approximate surface area is 120 Å². The maximum atomic E-state index is 12.2. The van der Waals surface area contributed by atoms with Gasteiger partial charge in [0.1, 0.15) is 0 Å². The van der Waals surface area contributed by atoms with Crippen LogP contribution >= 0.6 is 22.9 Å². The van der Waals surface area contributed by atoms with Crippen LogP contribution in [0, 0.1) is 0 Å². The fourth-order valence-corrected chi connectivity index (χ4v) is 3.15. The van der Waals surface area contributed by atoms with Gasteiger partial charge in [-0.2, -0.15) is 0 Å². The standard InChI is InChI=1S/C16H11ClOS/c17-16-9-8-15(19-16)14(18)10-12-6-3-5-11-4-1-2-7-13(11)12/h1-9H,10H2. The predicted molar refractivity (Wildman–Crippen MR) is 81.3 cm³/mol. The van der Waals surface area contributed by atoms with E-state index in [2.05, 4.69) is 18.2 Å². The molecule has 0 saturated carbocycles. The van der Waals surface area contributed by atoms with Crippen LogP contribution in [-0.4, -0.2) is 5.78 Å². The van der Waals surface area contributed by atoms with E-state index in [-0.39, 0.29) is 5.78 Å². The highest BCUT2D eigenvalue weighted by Gasteiger charge is 2.11. The number of thiophene rings is 1. The summed E-state index contributed by atoms with van der Waals surface area (Å²) in [6, 6.07) is 17.7. The van der Waals surface area contributed by atoms with Crippen LogP contribution < -0.4 is 0 Å². The Bertz CT molecular complexity index is 740. The molecule has 0 spiro atoms. The summed E-state index contributed by atoms with van der Waals surface area (Å²) in [6.07, 6.45) is 0.415. The minimum Gasteiger partial charge on any atom is -0.293 e. The summed E-state index contributed by atoms with van der Waals surface area (Å²) in [7, 11) is 0. The zero-order valence-corrected chi connectivity index (χ0v) is 11.7. The molecular weight excluding hydrogens is 276 g/mol. The van der Waals surface area contributed by atoms with Crippen molar-refractivity contribution in [2.24, 2.45) is 0 Å². The molecule has 0 aliphatic carbocycles. The van der Waals surface area contributed by atoms with Crippen molar-refractivity contribution in [3.05, 3.63) is 69.4 Å². The molecule has 19 heavy (non-hydrogen) atoms. The molecule has 3 heteroatoms. The van der Waals surface area contributed by atoms with Crippen molar-refractivity contribution in [3.63, 3.8) is 0 Å². The van der Waals surface area contributed by atoms with Crippen molar-refractivity contribution in [1.82, 2.24) is 0 Å². The van der Waals surface area contributed by atoms with E-state index in [0.29, 0.717) is 10.8 Å². The second-order valence-electron chi connectivity index (χ2n) is 4.34. The number of benzene rings is 2. The first-order valence-electron chi connectivity index (χ1n) is 5.99. The molecule has 3 rings (SSSR count). The van der Waals surface area contributed by atoms with Crippen LogP contribution in [0.5, 0.6) is 0 Å². The van der Waals surface area contributed by atoms with Gasteiger partial charge in [-0.3, -0.25) is 4.79 Å². The Hall–Kier alpha value is -1.64. The Kier molecular flexibility index (Phi) is 3.36. The molecule has 0 atom stereocenters. The Morgan fingerprint density at radius 3 is 2.58 bits per heavy atom. The lowest BCUT2D eigenvalue weighted by Gasteiger charge is -2.05. The molecule has 0 radical (unpaired) electrons. The maximum absolute atomic E-state index is 12.2. The summed E-state index contributed by atoms with van der Waals surface area (Å²) in [4.78, 5) is 12.9. The van der Waals surface area contributed by atoms with Crippen LogP contribution in [0.4, 0.5) is 0 Å². The van der Waals surface area contributed by atoms with Gasteiger partial charge in [0.15, 0.2) is 5.78 Å². The monoisotopic (exact) mass is 286 g/mol. The van der Waals surface area contributed by atoms with Gasteiger partial charge in [-0.05, 0) is 28.5 Å². The molecular formula is C16H11ClOS. The van der Waals surface area contributed by atoms with Crippen LogP contribution in [0.3, 0.4) is 0 Å². The molecule has 0 saturated heterocycles. The predicted octanol–water partition coefficient (Wildman–Crippen LogP) is 4.98. The average molecular weight is 287 g/mol. The number of Topliss-reactive ketones (excluding diaryl/α,β-unsaturated/α-hetero) is 1. The van der Waals surface area contributed by atoms with E-state index in [1.807, 2.05) is 24.3 Å². The van der Waals surface area contributed by atoms with Gasteiger partial charge >= 0.3 is 0 Å². The van der Waals surface area contributed by atoms with E-state index in [1.165, 1.54) is 11.3 Å². The molecule has 1 aromatic heterocycles. The maximum Gasteiger partial charge on any atom is 0.177 e. The SMILES string of the molecule is O=C(Cc1cccc2ccccc12)c1ccc(Cl)s1. The van der Waals surface area contributed by atoms with Gasteiger partial charge in [-0.25, -0.2) is 0 Å². The Morgan fingerprint density at radius 2 is 1.79 bits per heavy atom. The molecule has 0 aliphatic heterocycles. The van der Waals surface area contributed by atoms with Gasteiger partial charge in [0, 0.05) is 6.42 Å². The van der Waals surface area contributed by atoms with Crippen LogP contribution in [0.1, 0.15) is 15.2 Å². The highest BCUT2D eigenvalue weighted by Crippen LogP contribution is 2.25. The lowest BCUT2D eigenvalue weighted by Crippen LogP contribution is -2.01. The summed E-state index contributed by atoms with van der Waals surface area (Å²) in [5, 5.41) is 2.30. The largest absolute Gasteiger partial charge is 0.293 e. The summed E-state index contributed by atoms with van der Waals surface area (Å²) >= 11 is 7.21. The van der Waals surface area contributed by atoms with Crippen molar-refractivity contribution in [3.8, 4) is 0 Å². The van der Waals surface area contributed by atoms with Crippen molar-refractivity contribution in [2.45, 2.75) is 6.42 Å². The molecule has 2 aromatic carbocycles. The Morgan fingerprint density at radius 1 is 1.00 bits per heavy atom. The first-order valence-corrected chi connectivity index (χ1v) is 7.18. The van der Waals surface area contributed by atoms with E-state index >= 15 is 0 Å². The topological polar surface area (TPSA) is 17.1 Å². The number of hydrogen-bond acceptors (Lipinski definition) is 2. The van der Waals surface area contributed by atoms with E-state index < -0.39 is 0 Å². The summed E-state index contributed by atoms with van der Waals surface area (Å²) in [5.41, 5.74) is 1.06. The molecule has 0 fully saturated rings. The number of ketones is 1. The zero-order valence-electron chi connectivity index (χ0n) is 10.1. The van der Waals surface area contributed by atoms with E-state index in [0.717, 1.165) is 21.2 Å². The summed E-state index contributed by atoms with van der Waals surface area (Å²) in [5.74, 6) is 0.119. The fourth-order valence-electron chi connectivity index (χ4n) is 2.17. The number of carbonyl (C=O) groups excluding carboxylic acids is 1. The molecule has 1 heterocycles. The molecule has 0 bridgehead atoms. The molecule has 3 aromatic rings. The third-order valence-corrected chi connectivity index (χ3v) is 4.35. The lowest BCUT2D eigenvalue weighted by molar-refractivity contribution is 0.0997. The van der Waals surface area contributed by atoms with E-state index in [4.69, 9.17) is 11.6 Å².